The Morgan fingerprint density at radius 1 is 1.33 bits per heavy atom. The molecule has 0 radical (unpaired) electrons. The SMILES string of the molecule is N#Cc1cccc(F)c1OCC(F)(F)F. The Balaban J connectivity index is 2.90. The van der Waals surface area contributed by atoms with E-state index in [0.29, 0.717) is 0 Å². The minimum atomic E-state index is -4.56. The number of ether oxygens (including phenoxy) is 1. The molecule has 15 heavy (non-hydrogen) atoms. The maximum atomic E-state index is 13.0. The van der Waals surface area contributed by atoms with Crippen LogP contribution < -0.4 is 4.74 Å². The Morgan fingerprint density at radius 2 is 2.00 bits per heavy atom. The first kappa shape index (κ1) is 11.3. The predicted octanol–water partition coefficient (Wildman–Crippen LogP) is 2.64. The molecule has 0 heterocycles. The smallest absolute Gasteiger partial charge is 0.422 e. The molecule has 2 nitrogen and oxygen atoms in total. The first-order valence-electron chi connectivity index (χ1n) is 3.82. The highest BCUT2D eigenvalue weighted by Gasteiger charge is 2.29. The highest BCUT2D eigenvalue weighted by molar-refractivity contribution is 5.43. The largest absolute Gasteiger partial charge is 0.480 e. The zero-order chi connectivity index (χ0) is 11.5. The van der Waals surface area contributed by atoms with Crippen LogP contribution >= 0.6 is 0 Å². The van der Waals surface area contributed by atoms with Gasteiger partial charge in [0.05, 0.1) is 5.56 Å². The third-order valence-corrected chi connectivity index (χ3v) is 1.47. The summed E-state index contributed by atoms with van der Waals surface area (Å²) in [6.07, 6.45) is -4.56. The average molecular weight is 219 g/mol. The topological polar surface area (TPSA) is 33.0 Å². The van der Waals surface area contributed by atoms with E-state index in [2.05, 4.69) is 4.74 Å². The summed E-state index contributed by atoms with van der Waals surface area (Å²) >= 11 is 0. The van der Waals surface area contributed by atoms with Crippen molar-refractivity contribution in [2.45, 2.75) is 6.18 Å². The van der Waals surface area contributed by atoms with Crippen molar-refractivity contribution in [3.05, 3.63) is 29.6 Å². The number of alkyl halides is 3. The normalized spacial score (nSPS) is 10.9. The van der Waals surface area contributed by atoms with Gasteiger partial charge in [-0.2, -0.15) is 18.4 Å². The van der Waals surface area contributed by atoms with E-state index in [1.165, 1.54) is 12.1 Å². The van der Waals surface area contributed by atoms with Gasteiger partial charge in [0.1, 0.15) is 6.07 Å². The molecule has 0 aliphatic rings. The van der Waals surface area contributed by atoms with Crippen LogP contribution in [-0.4, -0.2) is 12.8 Å². The number of benzene rings is 1. The van der Waals surface area contributed by atoms with E-state index in [9.17, 15) is 17.6 Å². The van der Waals surface area contributed by atoms with Crippen molar-refractivity contribution < 1.29 is 22.3 Å². The quantitative estimate of drug-likeness (QED) is 0.716. The fourth-order valence-electron chi connectivity index (χ4n) is 0.898. The Hall–Kier alpha value is -1.77. The van der Waals surface area contributed by atoms with E-state index in [-0.39, 0.29) is 5.56 Å². The van der Waals surface area contributed by atoms with Gasteiger partial charge in [0.25, 0.3) is 0 Å². The summed E-state index contributed by atoms with van der Waals surface area (Å²) < 4.78 is 52.5. The Kier molecular flexibility index (Phi) is 3.14. The summed E-state index contributed by atoms with van der Waals surface area (Å²) in [4.78, 5) is 0. The van der Waals surface area contributed by atoms with Crippen LogP contribution in [0.4, 0.5) is 17.6 Å². The maximum Gasteiger partial charge on any atom is 0.422 e. The molecule has 0 amide bonds. The van der Waals surface area contributed by atoms with Gasteiger partial charge in [0.2, 0.25) is 0 Å². The number of hydrogen-bond acceptors (Lipinski definition) is 2. The Morgan fingerprint density at radius 3 is 2.53 bits per heavy atom. The molecule has 0 aliphatic carbocycles. The third kappa shape index (κ3) is 3.13. The fourth-order valence-corrected chi connectivity index (χ4v) is 0.898. The van der Waals surface area contributed by atoms with Crippen LogP contribution in [0.25, 0.3) is 0 Å². The van der Waals surface area contributed by atoms with E-state index in [1.54, 1.807) is 6.07 Å². The highest BCUT2D eigenvalue weighted by Crippen LogP contribution is 2.24. The van der Waals surface area contributed by atoms with Crippen molar-refractivity contribution in [1.82, 2.24) is 0 Å². The molecule has 0 spiro atoms. The van der Waals surface area contributed by atoms with Crippen molar-refractivity contribution in [1.29, 1.82) is 5.26 Å². The molecule has 0 unspecified atom stereocenters. The highest BCUT2D eigenvalue weighted by atomic mass is 19.4. The van der Waals surface area contributed by atoms with E-state index in [1.807, 2.05) is 0 Å². The molecule has 6 heteroatoms. The van der Waals surface area contributed by atoms with Crippen LogP contribution in [0.1, 0.15) is 5.56 Å². The predicted molar refractivity (Wildman–Crippen MR) is 42.7 cm³/mol. The molecule has 1 rings (SSSR count). The van der Waals surface area contributed by atoms with Gasteiger partial charge in [-0.25, -0.2) is 4.39 Å². The lowest BCUT2D eigenvalue weighted by Crippen LogP contribution is -2.20. The molecule has 0 saturated heterocycles. The number of hydrogen-bond donors (Lipinski definition) is 0. The number of halogens is 4. The van der Waals surface area contributed by atoms with E-state index in [4.69, 9.17) is 5.26 Å². The van der Waals surface area contributed by atoms with E-state index >= 15 is 0 Å². The molecular formula is C9H5F4NO. The molecule has 1 aromatic rings. The zero-order valence-electron chi connectivity index (χ0n) is 7.31. The average Bonchev–Trinajstić information content (AvgIpc) is 2.14. The first-order valence-corrected chi connectivity index (χ1v) is 3.82. The second kappa shape index (κ2) is 4.17. The van der Waals surface area contributed by atoms with Crippen molar-refractivity contribution >= 4 is 0 Å². The minimum Gasteiger partial charge on any atom is -0.480 e. The van der Waals surface area contributed by atoms with Gasteiger partial charge in [-0.05, 0) is 12.1 Å². The van der Waals surface area contributed by atoms with Gasteiger partial charge >= 0.3 is 6.18 Å². The third-order valence-electron chi connectivity index (χ3n) is 1.47. The number of nitriles is 1. The summed E-state index contributed by atoms with van der Waals surface area (Å²) in [5.74, 6) is -1.66. The van der Waals surface area contributed by atoms with E-state index in [0.717, 1.165) is 6.07 Å². The molecular weight excluding hydrogens is 214 g/mol. The van der Waals surface area contributed by atoms with Crippen molar-refractivity contribution in [2.75, 3.05) is 6.61 Å². The molecule has 80 valence electrons. The van der Waals surface area contributed by atoms with Gasteiger partial charge in [-0.3, -0.25) is 0 Å². The zero-order valence-corrected chi connectivity index (χ0v) is 7.31. The molecule has 0 atom stereocenters. The lowest BCUT2D eigenvalue weighted by atomic mass is 10.2. The molecule has 0 N–H and O–H groups in total. The number of para-hydroxylation sites is 1. The summed E-state index contributed by atoms with van der Waals surface area (Å²) in [6, 6.07) is 4.86. The van der Waals surface area contributed by atoms with Crippen molar-refractivity contribution in [3.8, 4) is 11.8 Å². The van der Waals surface area contributed by atoms with E-state index < -0.39 is 24.3 Å². The molecule has 0 aromatic heterocycles. The summed E-state index contributed by atoms with van der Waals surface area (Å²) in [7, 11) is 0. The van der Waals surface area contributed by atoms with Gasteiger partial charge in [0.15, 0.2) is 18.2 Å². The van der Waals surface area contributed by atoms with Gasteiger partial charge in [0, 0.05) is 0 Å². The van der Waals surface area contributed by atoms with Crippen LogP contribution in [0.3, 0.4) is 0 Å². The van der Waals surface area contributed by atoms with Crippen LogP contribution in [0, 0.1) is 17.1 Å². The maximum absolute atomic E-state index is 13.0. The lowest BCUT2D eigenvalue weighted by molar-refractivity contribution is -0.153. The number of rotatable bonds is 2. The molecule has 0 aliphatic heterocycles. The molecule has 1 aromatic carbocycles. The lowest BCUT2D eigenvalue weighted by Gasteiger charge is -2.10. The second-order valence-corrected chi connectivity index (χ2v) is 2.63. The van der Waals surface area contributed by atoms with Gasteiger partial charge in [-0.15, -0.1) is 0 Å². The fraction of sp³-hybridized carbons (Fsp3) is 0.222. The van der Waals surface area contributed by atoms with Crippen LogP contribution in [-0.2, 0) is 0 Å². The Bertz CT molecular complexity index is 394. The van der Waals surface area contributed by atoms with Gasteiger partial charge in [-0.1, -0.05) is 6.07 Å². The van der Waals surface area contributed by atoms with Crippen LogP contribution in [0.5, 0.6) is 5.75 Å². The van der Waals surface area contributed by atoms with Crippen molar-refractivity contribution in [2.24, 2.45) is 0 Å². The Labute approximate surface area is 82.7 Å². The monoisotopic (exact) mass is 219 g/mol. The van der Waals surface area contributed by atoms with Gasteiger partial charge < -0.3 is 4.74 Å². The summed E-state index contributed by atoms with van der Waals surface area (Å²) in [6.45, 7) is -1.62. The minimum absolute atomic E-state index is 0.265. The molecule has 0 fully saturated rings. The van der Waals surface area contributed by atoms with Crippen LogP contribution in [0.2, 0.25) is 0 Å². The molecule has 0 bridgehead atoms. The van der Waals surface area contributed by atoms with Crippen LogP contribution in [0.15, 0.2) is 18.2 Å². The number of nitrogens with zero attached hydrogens (tertiary/aromatic N) is 1. The second-order valence-electron chi connectivity index (χ2n) is 2.63. The van der Waals surface area contributed by atoms with Crippen molar-refractivity contribution in [3.63, 3.8) is 0 Å². The first-order chi connectivity index (χ1) is 6.94. The summed E-state index contributed by atoms with van der Waals surface area (Å²) in [5, 5.41) is 8.49. The standard InChI is InChI=1S/C9H5F4NO/c10-7-3-1-2-6(4-14)8(7)15-5-9(11,12)13/h1-3H,5H2. The summed E-state index contributed by atoms with van der Waals surface area (Å²) in [5.41, 5.74) is -0.265. The molecule has 0 saturated carbocycles.